The fourth-order valence-corrected chi connectivity index (χ4v) is 2.67. The summed E-state index contributed by atoms with van der Waals surface area (Å²) in [4.78, 5) is 13.2. The topological polar surface area (TPSA) is 78.6 Å². The molecule has 2 atom stereocenters. The van der Waals surface area contributed by atoms with Gasteiger partial charge in [0.15, 0.2) is 0 Å². The molecule has 106 valence electrons. The summed E-state index contributed by atoms with van der Waals surface area (Å²) in [7, 11) is 2.09. The van der Waals surface area contributed by atoms with Crippen molar-refractivity contribution in [3.8, 4) is 0 Å². The first-order chi connectivity index (χ1) is 8.65. The van der Waals surface area contributed by atoms with Gasteiger partial charge in [0.05, 0.1) is 6.10 Å². The van der Waals surface area contributed by atoms with Crippen LogP contribution in [0.5, 0.6) is 0 Å². The fraction of sp³-hybridized carbons (Fsp3) is 0.923. The van der Waals surface area contributed by atoms with E-state index >= 15 is 0 Å². The van der Waals surface area contributed by atoms with Crippen molar-refractivity contribution in [2.75, 3.05) is 13.6 Å². The van der Waals surface area contributed by atoms with Crippen LogP contribution in [0.1, 0.15) is 51.4 Å². The zero-order chi connectivity index (χ0) is 13.4. The number of amides is 1. The van der Waals surface area contributed by atoms with Crippen LogP contribution < -0.4 is 11.3 Å². The van der Waals surface area contributed by atoms with Crippen molar-refractivity contribution in [1.82, 2.24) is 10.3 Å². The summed E-state index contributed by atoms with van der Waals surface area (Å²) in [6.45, 7) is 0.992. The van der Waals surface area contributed by atoms with E-state index in [4.69, 9.17) is 5.84 Å². The van der Waals surface area contributed by atoms with Crippen molar-refractivity contribution in [3.05, 3.63) is 0 Å². The molecule has 0 radical (unpaired) electrons. The van der Waals surface area contributed by atoms with Gasteiger partial charge in [0, 0.05) is 12.5 Å². The molecule has 1 aliphatic carbocycles. The van der Waals surface area contributed by atoms with Gasteiger partial charge < -0.3 is 10.0 Å². The summed E-state index contributed by atoms with van der Waals surface area (Å²) in [6.07, 6.45) is 7.74. The van der Waals surface area contributed by atoms with Crippen LogP contribution in [0.4, 0.5) is 0 Å². The number of rotatable bonds is 7. The number of hydrogen-bond acceptors (Lipinski definition) is 4. The molecule has 1 rings (SSSR count). The van der Waals surface area contributed by atoms with Gasteiger partial charge >= 0.3 is 0 Å². The Balaban J connectivity index is 2.09. The summed E-state index contributed by atoms with van der Waals surface area (Å²) in [5.74, 6) is 4.92. The van der Waals surface area contributed by atoms with Crippen molar-refractivity contribution in [3.63, 3.8) is 0 Å². The zero-order valence-electron chi connectivity index (χ0n) is 11.4. The molecule has 0 aliphatic heterocycles. The lowest BCUT2D eigenvalue weighted by atomic mass is 9.91. The molecule has 0 spiro atoms. The summed E-state index contributed by atoms with van der Waals surface area (Å²) < 4.78 is 0. The number of likely N-dealkylation sites (N-methyl/N-ethyl adjacent to an activating group) is 1. The van der Waals surface area contributed by atoms with E-state index in [-0.39, 0.29) is 12.0 Å². The third-order valence-electron chi connectivity index (χ3n) is 3.84. The molecular weight excluding hydrogens is 230 g/mol. The van der Waals surface area contributed by atoms with Crippen LogP contribution in [0.25, 0.3) is 0 Å². The van der Waals surface area contributed by atoms with Crippen molar-refractivity contribution >= 4 is 5.91 Å². The molecule has 2 unspecified atom stereocenters. The number of hydrogen-bond donors (Lipinski definition) is 3. The Labute approximate surface area is 110 Å². The van der Waals surface area contributed by atoms with Crippen LogP contribution in [0.3, 0.4) is 0 Å². The molecule has 1 amide bonds. The predicted molar refractivity (Wildman–Crippen MR) is 71.7 cm³/mol. The Bertz CT molecular complexity index is 248. The molecule has 0 aromatic rings. The predicted octanol–water partition coefficient (Wildman–Crippen LogP) is 0.772. The average Bonchev–Trinajstić information content (AvgIpc) is 2.38. The number of carbonyl (C=O) groups excluding carboxylic acids is 1. The first-order valence-electron chi connectivity index (χ1n) is 7.03. The summed E-state index contributed by atoms with van der Waals surface area (Å²) in [6, 6.07) is 0.325. The largest absolute Gasteiger partial charge is 0.391 e. The van der Waals surface area contributed by atoms with Crippen molar-refractivity contribution in [2.24, 2.45) is 5.84 Å². The van der Waals surface area contributed by atoms with Crippen LogP contribution >= 0.6 is 0 Å². The molecule has 1 aliphatic rings. The molecule has 0 aromatic carbocycles. The second-order valence-corrected chi connectivity index (χ2v) is 5.28. The lowest BCUT2D eigenvalue weighted by Gasteiger charge is -2.35. The molecule has 18 heavy (non-hydrogen) atoms. The third-order valence-corrected chi connectivity index (χ3v) is 3.84. The molecule has 0 heterocycles. The maximum atomic E-state index is 10.9. The summed E-state index contributed by atoms with van der Waals surface area (Å²) in [5, 5.41) is 9.94. The van der Waals surface area contributed by atoms with Gasteiger partial charge in [0.25, 0.3) is 0 Å². The summed E-state index contributed by atoms with van der Waals surface area (Å²) in [5.41, 5.74) is 2.14. The van der Waals surface area contributed by atoms with Gasteiger partial charge in [-0.15, -0.1) is 0 Å². The van der Waals surface area contributed by atoms with Crippen molar-refractivity contribution < 1.29 is 9.90 Å². The van der Waals surface area contributed by atoms with Gasteiger partial charge in [-0.25, -0.2) is 5.84 Å². The second-order valence-electron chi connectivity index (χ2n) is 5.28. The molecule has 1 fully saturated rings. The Hall–Kier alpha value is -0.650. The second kappa shape index (κ2) is 8.45. The molecule has 5 nitrogen and oxygen atoms in total. The maximum absolute atomic E-state index is 10.9. The smallest absolute Gasteiger partial charge is 0.233 e. The van der Waals surface area contributed by atoms with Gasteiger partial charge in [-0.3, -0.25) is 10.2 Å². The average molecular weight is 257 g/mol. The van der Waals surface area contributed by atoms with E-state index < -0.39 is 0 Å². The van der Waals surface area contributed by atoms with Crippen LogP contribution in [-0.2, 0) is 4.79 Å². The van der Waals surface area contributed by atoms with Gasteiger partial charge in [-0.05, 0) is 39.3 Å². The van der Waals surface area contributed by atoms with E-state index in [1.807, 2.05) is 0 Å². The quantitative estimate of drug-likeness (QED) is 0.272. The van der Waals surface area contributed by atoms with Gasteiger partial charge in [0.1, 0.15) is 0 Å². The molecule has 4 N–H and O–H groups in total. The SMILES string of the molecule is CN(CCCCCC(=O)NN)C1CCCCC1O. The van der Waals surface area contributed by atoms with Crippen LogP contribution in [0.15, 0.2) is 0 Å². The molecule has 0 aromatic heterocycles. The van der Waals surface area contributed by atoms with E-state index in [9.17, 15) is 9.90 Å². The first-order valence-corrected chi connectivity index (χ1v) is 7.03. The van der Waals surface area contributed by atoms with E-state index in [1.165, 1.54) is 6.42 Å². The molecule has 5 heteroatoms. The Morgan fingerprint density at radius 3 is 2.72 bits per heavy atom. The van der Waals surface area contributed by atoms with Crippen LogP contribution in [0, 0.1) is 0 Å². The molecule has 0 saturated heterocycles. The highest BCUT2D eigenvalue weighted by Gasteiger charge is 2.25. The van der Waals surface area contributed by atoms with E-state index in [0.717, 1.165) is 45.1 Å². The fourth-order valence-electron chi connectivity index (χ4n) is 2.67. The van der Waals surface area contributed by atoms with Gasteiger partial charge in [0.2, 0.25) is 5.91 Å². The highest BCUT2D eigenvalue weighted by Crippen LogP contribution is 2.22. The Kier molecular flexibility index (Phi) is 7.23. The maximum Gasteiger partial charge on any atom is 0.233 e. The van der Waals surface area contributed by atoms with E-state index in [1.54, 1.807) is 0 Å². The lowest BCUT2D eigenvalue weighted by molar-refractivity contribution is -0.121. The molecule has 1 saturated carbocycles. The van der Waals surface area contributed by atoms with Crippen LogP contribution in [-0.4, -0.2) is 41.7 Å². The van der Waals surface area contributed by atoms with E-state index in [2.05, 4.69) is 17.4 Å². The van der Waals surface area contributed by atoms with Gasteiger partial charge in [-0.1, -0.05) is 19.3 Å². The zero-order valence-corrected chi connectivity index (χ0v) is 11.4. The van der Waals surface area contributed by atoms with Crippen molar-refractivity contribution in [2.45, 2.75) is 63.5 Å². The number of carbonyl (C=O) groups is 1. The monoisotopic (exact) mass is 257 g/mol. The minimum atomic E-state index is -0.160. The number of hydrazine groups is 1. The number of nitrogens with two attached hydrogens (primary N) is 1. The number of nitrogens with zero attached hydrogens (tertiary/aromatic N) is 1. The number of unbranched alkanes of at least 4 members (excludes halogenated alkanes) is 2. The van der Waals surface area contributed by atoms with E-state index in [0.29, 0.717) is 12.5 Å². The normalized spacial score (nSPS) is 24.2. The highest BCUT2D eigenvalue weighted by molar-refractivity contribution is 5.74. The Morgan fingerprint density at radius 1 is 1.33 bits per heavy atom. The first kappa shape index (κ1) is 15.4. The number of nitrogens with one attached hydrogen (secondary N) is 1. The minimum Gasteiger partial charge on any atom is -0.391 e. The number of aliphatic hydroxyl groups excluding tert-OH is 1. The molecule has 0 bridgehead atoms. The summed E-state index contributed by atoms with van der Waals surface area (Å²) >= 11 is 0. The highest BCUT2D eigenvalue weighted by atomic mass is 16.3. The minimum absolute atomic E-state index is 0.0916. The molecular formula is C13H27N3O2. The lowest BCUT2D eigenvalue weighted by Crippen LogP contribution is -2.43. The standard InChI is InChI=1S/C13H27N3O2/c1-16(11-7-4-5-8-12(11)17)10-6-2-3-9-13(18)15-14/h11-12,17H,2-10,14H2,1H3,(H,15,18). The Morgan fingerprint density at radius 2 is 2.06 bits per heavy atom. The van der Waals surface area contributed by atoms with Crippen molar-refractivity contribution in [1.29, 1.82) is 0 Å². The third kappa shape index (κ3) is 5.33. The van der Waals surface area contributed by atoms with Crippen LogP contribution in [0.2, 0.25) is 0 Å². The number of aliphatic hydroxyl groups is 1. The van der Waals surface area contributed by atoms with Gasteiger partial charge in [-0.2, -0.15) is 0 Å².